The standard InChI is InChI=1S/C29H40BN3O2/c1-5-32(6-2)27-15-9-24(10-16-27)29(30,23-7-13-26(14-8-23)31(3)4)25-11-17-28(18-12-25)33(19-21-34)20-22-35/h7-18,34-35H,5-6,19-22,30H2,1-4H3. The van der Waals surface area contributed by atoms with E-state index >= 15 is 0 Å². The summed E-state index contributed by atoms with van der Waals surface area (Å²) in [6, 6.07) is 26.3. The van der Waals surface area contributed by atoms with Gasteiger partial charge in [0, 0.05) is 62.7 Å². The molecule has 0 fully saturated rings. The van der Waals surface area contributed by atoms with Crippen LogP contribution in [-0.2, 0) is 5.31 Å². The summed E-state index contributed by atoms with van der Waals surface area (Å²) < 4.78 is 0. The average molecular weight is 473 g/mol. The van der Waals surface area contributed by atoms with E-state index in [0.717, 1.165) is 18.8 Å². The third kappa shape index (κ3) is 5.83. The zero-order valence-electron chi connectivity index (χ0n) is 21.9. The number of hydrogen-bond donors (Lipinski definition) is 2. The Morgan fingerprint density at radius 2 is 0.943 bits per heavy atom. The molecule has 1 atom stereocenters. The highest BCUT2D eigenvalue weighted by Crippen LogP contribution is 2.38. The van der Waals surface area contributed by atoms with Crippen LogP contribution in [0.15, 0.2) is 72.8 Å². The first-order valence-corrected chi connectivity index (χ1v) is 12.6. The summed E-state index contributed by atoms with van der Waals surface area (Å²) in [6.07, 6.45) is 0. The molecule has 0 amide bonds. The van der Waals surface area contributed by atoms with Gasteiger partial charge in [0.2, 0.25) is 0 Å². The highest BCUT2D eigenvalue weighted by Gasteiger charge is 2.31. The van der Waals surface area contributed by atoms with E-state index < -0.39 is 0 Å². The van der Waals surface area contributed by atoms with E-state index in [4.69, 9.17) is 0 Å². The van der Waals surface area contributed by atoms with Gasteiger partial charge in [-0.15, -0.1) is 0 Å². The molecule has 0 aromatic heterocycles. The summed E-state index contributed by atoms with van der Waals surface area (Å²) in [5, 5.41) is 18.5. The van der Waals surface area contributed by atoms with Crippen LogP contribution in [0.2, 0.25) is 0 Å². The quantitative estimate of drug-likeness (QED) is 0.312. The first-order chi connectivity index (χ1) is 16.9. The zero-order valence-corrected chi connectivity index (χ0v) is 21.9. The predicted octanol–water partition coefficient (Wildman–Crippen LogP) is 3.31. The van der Waals surface area contributed by atoms with Crippen molar-refractivity contribution in [2.45, 2.75) is 19.2 Å². The van der Waals surface area contributed by atoms with Crippen molar-refractivity contribution in [2.24, 2.45) is 0 Å². The van der Waals surface area contributed by atoms with E-state index in [-0.39, 0.29) is 18.5 Å². The number of nitrogens with zero attached hydrogens (tertiary/aromatic N) is 3. The van der Waals surface area contributed by atoms with Gasteiger partial charge in [-0.25, -0.2) is 0 Å². The van der Waals surface area contributed by atoms with Crippen LogP contribution in [0.25, 0.3) is 0 Å². The molecule has 186 valence electrons. The molecular weight excluding hydrogens is 433 g/mol. The van der Waals surface area contributed by atoms with Crippen molar-refractivity contribution in [2.75, 3.05) is 68.2 Å². The minimum atomic E-state index is -0.343. The Bertz CT molecular complexity index is 1030. The smallest absolute Gasteiger partial charge is 0.126 e. The number of benzene rings is 3. The van der Waals surface area contributed by atoms with Gasteiger partial charge in [0.15, 0.2) is 0 Å². The van der Waals surface area contributed by atoms with Crippen LogP contribution in [0.1, 0.15) is 30.5 Å². The van der Waals surface area contributed by atoms with E-state index in [9.17, 15) is 10.2 Å². The van der Waals surface area contributed by atoms with Gasteiger partial charge in [-0.3, -0.25) is 0 Å². The minimum Gasteiger partial charge on any atom is -0.395 e. The number of aliphatic hydroxyl groups is 2. The molecule has 0 saturated carbocycles. The van der Waals surface area contributed by atoms with Gasteiger partial charge < -0.3 is 24.9 Å². The van der Waals surface area contributed by atoms with Crippen LogP contribution in [-0.4, -0.2) is 71.5 Å². The average Bonchev–Trinajstić information content (AvgIpc) is 2.89. The van der Waals surface area contributed by atoms with Crippen molar-refractivity contribution >= 4 is 24.9 Å². The molecule has 0 heterocycles. The predicted molar refractivity (Wildman–Crippen MR) is 152 cm³/mol. The van der Waals surface area contributed by atoms with Gasteiger partial charge in [0.05, 0.1) is 13.2 Å². The molecule has 0 radical (unpaired) electrons. The van der Waals surface area contributed by atoms with Gasteiger partial charge in [-0.2, -0.15) is 0 Å². The molecule has 6 heteroatoms. The lowest BCUT2D eigenvalue weighted by Gasteiger charge is -2.34. The molecule has 1 unspecified atom stereocenters. The first kappa shape index (κ1) is 26.6. The van der Waals surface area contributed by atoms with Crippen LogP contribution in [0.4, 0.5) is 17.1 Å². The fraction of sp³-hybridized carbons (Fsp3) is 0.379. The molecule has 5 nitrogen and oxygen atoms in total. The van der Waals surface area contributed by atoms with E-state index in [0.29, 0.717) is 13.1 Å². The van der Waals surface area contributed by atoms with Crippen molar-refractivity contribution in [3.05, 3.63) is 89.5 Å². The number of rotatable bonds is 12. The minimum absolute atomic E-state index is 0.0522. The third-order valence-electron chi connectivity index (χ3n) is 7.08. The summed E-state index contributed by atoms with van der Waals surface area (Å²) in [5.41, 5.74) is 7.08. The maximum absolute atomic E-state index is 9.43. The third-order valence-corrected chi connectivity index (χ3v) is 7.08. The normalized spacial score (nSPS) is 12.7. The van der Waals surface area contributed by atoms with E-state index in [1.807, 2.05) is 4.90 Å². The van der Waals surface area contributed by atoms with Gasteiger partial charge in [-0.05, 0) is 66.9 Å². The molecule has 0 aliphatic rings. The molecule has 0 spiro atoms. The summed E-state index contributed by atoms with van der Waals surface area (Å²) in [4.78, 5) is 6.48. The van der Waals surface area contributed by atoms with Gasteiger partial charge in [-0.1, -0.05) is 36.4 Å². The van der Waals surface area contributed by atoms with Crippen LogP contribution < -0.4 is 14.7 Å². The Morgan fingerprint density at radius 1 is 0.600 bits per heavy atom. The molecule has 3 rings (SSSR count). The van der Waals surface area contributed by atoms with Crippen LogP contribution in [0.3, 0.4) is 0 Å². The second-order valence-corrected chi connectivity index (χ2v) is 9.27. The van der Waals surface area contributed by atoms with Crippen LogP contribution in [0.5, 0.6) is 0 Å². The Balaban J connectivity index is 2.08. The zero-order chi connectivity index (χ0) is 25.4. The van der Waals surface area contributed by atoms with Crippen molar-refractivity contribution in [3.8, 4) is 0 Å². The molecule has 0 aliphatic carbocycles. The second-order valence-electron chi connectivity index (χ2n) is 9.27. The number of aliphatic hydroxyl groups excluding tert-OH is 2. The second kappa shape index (κ2) is 12.1. The van der Waals surface area contributed by atoms with E-state index in [1.165, 1.54) is 28.1 Å². The molecule has 2 N–H and O–H groups in total. The van der Waals surface area contributed by atoms with Crippen molar-refractivity contribution in [1.29, 1.82) is 0 Å². The number of hydrogen-bond acceptors (Lipinski definition) is 5. The van der Waals surface area contributed by atoms with Crippen LogP contribution >= 0.6 is 0 Å². The molecule has 35 heavy (non-hydrogen) atoms. The molecule has 0 aliphatic heterocycles. The lowest BCUT2D eigenvalue weighted by atomic mass is 9.56. The maximum Gasteiger partial charge on any atom is 0.126 e. The van der Waals surface area contributed by atoms with Gasteiger partial charge in [0.25, 0.3) is 0 Å². The van der Waals surface area contributed by atoms with Gasteiger partial charge >= 0.3 is 0 Å². The summed E-state index contributed by atoms with van der Waals surface area (Å²) in [5.74, 6) is 0. The fourth-order valence-corrected chi connectivity index (χ4v) is 4.80. The summed E-state index contributed by atoms with van der Waals surface area (Å²) in [7, 11) is 6.41. The van der Waals surface area contributed by atoms with Crippen LogP contribution in [0, 0.1) is 0 Å². The van der Waals surface area contributed by atoms with Crippen molar-refractivity contribution in [1.82, 2.24) is 0 Å². The SMILES string of the molecule is BC(c1ccc(N(C)C)cc1)(c1ccc(N(CC)CC)cc1)c1ccc(N(CCO)CCO)cc1. The highest BCUT2D eigenvalue weighted by atomic mass is 16.3. The van der Waals surface area contributed by atoms with Crippen molar-refractivity contribution in [3.63, 3.8) is 0 Å². The molecule has 0 bridgehead atoms. The fourth-order valence-electron chi connectivity index (χ4n) is 4.80. The van der Waals surface area contributed by atoms with Crippen molar-refractivity contribution < 1.29 is 10.2 Å². The number of anilines is 3. The Labute approximate surface area is 212 Å². The molecule has 0 saturated heterocycles. The largest absolute Gasteiger partial charge is 0.395 e. The Hall–Kier alpha value is -2.96. The lowest BCUT2D eigenvalue weighted by molar-refractivity contribution is 0.281. The lowest BCUT2D eigenvalue weighted by Crippen LogP contribution is -2.31. The molecular formula is C29H40BN3O2. The molecule has 3 aromatic rings. The van der Waals surface area contributed by atoms with E-state index in [1.54, 1.807) is 0 Å². The monoisotopic (exact) mass is 473 g/mol. The topological polar surface area (TPSA) is 50.2 Å². The highest BCUT2D eigenvalue weighted by molar-refractivity contribution is 6.20. The Morgan fingerprint density at radius 3 is 1.26 bits per heavy atom. The molecule has 3 aromatic carbocycles. The van der Waals surface area contributed by atoms with E-state index in [2.05, 4.69) is 118 Å². The van der Waals surface area contributed by atoms with Gasteiger partial charge in [0.1, 0.15) is 7.85 Å². The Kier molecular flexibility index (Phi) is 9.24. The maximum atomic E-state index is 9.43. The summed E-state index contributed by atoms with van der Waals surface area (Å²) in [6.45, 7) is 7.44. The summed E-state index contributed by atoms with van der Waals surface area (Å²) >= 11 is 0. The first-order valence-electron chi connectivity index (χ1n) is 12.6.